The molecule has 1 aromatic carbocycles. The molecule has 2 N–H and O–H groups in total. The van der Waals surface area contributed by atoms with Gasteiger partial charge in [-0.2, -0.15) is 0 Å². The summed E-state index contributed by atoms with van der Waals surface area (Å²) in [6.45, 7) is 1.96. The molecule has 23 heavy (non-hydrogen) atoms. The van der Waals surface area contributed by atoms with Crippen molar-refractivity contribution in [1.82, 2.24) is 4.98 Å². The van der Waals surface area contributed by atoms with Gasteiger partial charge in [-0.3, -0.25) is 9.59 Å². The average molecular weight is 329 g/mol. The predicted molar refractivity (Wildman–Crippen MR) is 93.6 cm³/mol. The van der Waals surface area contributed by atoms with Crippen LogP contribution in [0.4, 0.5) is 11.5 Å². The van der Waals surface area contributed by atoms with Gasteiger partial charge in [0.1, 0.15) is 5.82 Å². The van der Waals surface area contributed by atoms with Crippen LogP contribution in [0.2, 0.25) is 0 Å². The van der Waals surface area contributed by atoms with Crippen LogP contribution in [-0.2, 0) is 9.59 Å². The van der Waals surface area contributed by atoms with E-state index in [-0.39, 0.29) is 17.6 Å². The third kappa shape index (κ3) is 6.12. The molecule has 0 unspecified atom stereocenters. The number of nitrogens with zero attached hydrogens (tertiary/aromatic N) is 1. The SMILES string of the molecule is CCCC(=O)Nc1cccc(SCC(=O)Nc2ccccn2)c1. The maximum atomic E-state index is 11.9. The fourth-order valence-corrected chi connectivity index (χ4v) is 2.63. The largest absolute Gasteiger partial charge is 0.326 e. The van der Waals surface area contributed by atoms with Crippen LogP contribution in [0, 0.1) is 0 Å². The highest BCUT2D eigenvalue weighted by Gasteiger charge is 2.06. The van der Waals surface area contributed by atoms with Gasteiger partial charge in [0.15, 0.2) is 0 Å². The fourth-order valence-electron chi connectivity index (χ4n) is 1.88. The average Bonchev–Trinajstić information content (AvgIpc) is 2.54. The van der Waals surface area contributed by atoms with Crippen molar-refractivity contribution in [1.29, 1.82) is 0 Å². The molecule has 0 bridgehead atoms. The van der Waals surface area contributed by atoms with Crippen LogP contribution in [-0.4, -0.2) is 22.6 Å². The second-order valence-electron chi connectivity index (χ2n) is 4.88. The molecule has 2 amide bonds. The maximum Gasteiger partial charge on any atom is 0.235 e. The monoisotopic (exact) mass is 329 g/mol. The van der Waals surface area contributed by atoms with E-state index in [4.69, 9.17) is 0 Å². The number of carbonyl (C=O) groups excluding carboxylic acids is 2. The lowest BCUT2D eigenvalue weighted by atomic mass is 10.3. The van der Waals surface area contributed by atoms with E-state index in [2.05, 4.69) is 15.6 Å². The number of thioether (sulfide) groups is 1. The standard InChI is InChI=1S/C17H19N3O2S/c1-2-6-16(21)19-13-7-5-8-14(11-13)23-12-17(22)20-15-9-3-4-10-18-15/h3-5,7-11H,2,6,12H2,1H3,(H,19,21)(H,18,20,22). The molecule has 5 nitrogen and oxygen atoms in total. The van der Waals surface area contributed by atoms with E-state index < -0.39 is 0 Å². The van der Waals surface area contributed by atoms with Gasteiger partial charge in [0, 0.05) is 23.2 Å². The Bertz CT molecular complexity index is 662. The molecular formula is C17H19N3O2S. The highest BCUT2D eigenvalue weighted by molar-refractivity contribution is 8.00. The van der Waals surface area contributed by atoms with Crippen LogP contribution in [0.1, 0.15) is 19.8 Å². The number of amides is 2. The van der Waals surface area contributed by atoms with Gasteiger partial charge in [0.25, 0.3) is 0 Å². The van der Waals surface area contributed by atoms with Crippen molar-refractivity contribution in [3.8, 4) is 0 Å². The first-order valence-electron chi connectivity index (χ1n) is 7.41. The molecule has 0 aliphatic rings. The molecule has 0 atom stereocenters. The number of benzene rings is 1. The number of aromatic nitrogens is 1. The van der Waals surface area contributed by atoms with Crippen molar-refractivity contribution in [2.45, 2.75) is 24.7 Å². The van der Waals surface area contributed by atoms with Crippen molar-refractivity contribution >= 4 is 35.1 Å². The van der Waals surface area contributed by atoms with Gasteiger partial charge in [0.05, 0.1) is 5.75 Å². The zero-order chi connectivity index (χ0) is 16.5. The molecule has 0 saturated heterocycles. The smallest absolute Gasteiger partial charge is 0.235 e. The van der Waals surface area contributed by atoms with E-state index in [1.54, 1.807) is 18.3 Å². The summed E-state index contributed by atoms with van der Waals surface area (Å²) in [7, 11) is 0. The summed E-state index contributed by atoms with van der Waals surface area (Å²) in [5.41, 5.74) is 0.749. The maximum absolute atomic E-state index is 11.9. The quantitative estimate of drug-likeness (QED) is 0.762. The normalized spacial score (nSPS) is 10.1. The number of anilines is 2. The van der Waals surface area contributed by atoms with Crippen molar-refractivity contribution in [2.24, 2.45) is 0 Å². The second kappa shape index (κ2) is 8.95. The van der Waals surface area contributed by atoms with E-state index in [1.807, 2.05) is 37.3 Å². The molecule has 2 rings (SSSR count). The molecule has 0 spiro atoms. The fraction of sp³-hybridized carbons (Fsp3) is 0.235. The highest BCUT2D eigenvalue weighted by atomic mass is 32.2. The number of nitrogens with one attached hydrogen (secondary N) is 2. The summed E-state index contributed by atoms with van der Waals surface area (Å²) in [5.74, 6) is 0.707. The third-order valence-corrected chi connectivity index (χ3v) is 3.89. The lowest BCUT2D eigenvalue weighted by molar-refractivity contribution is -0.116. The van der Waals surface area contributed by atoms with Gasteiger partial charge in [-0.15, -0.1) is 11.8 Å². The molecular weight excluding hydrogens is 310 g/mol. The van der Waals surface area contributed by atoms with Crippen LogP contribution >= 0.6 is 11.8 Å². The summed E-state index contributed by atoms with van der Waals surface area (Å²) in [4.78, 5) is 28.5. The third-order valence-electron chi connectivity index (χ3n) is 2.90. The van der Waals surface area contributed by atoms with Gasteiger partial charge in [-0.25, -0.2) is 4.98 Å². The van der Waals surface area contributed by atoms with Gasteiger partial charge in [0.2, 0.25) is 11.8 Å². The molecule has 2 aromatic rings. The zero-order valence-corrected chi connectivity index (χ0v) is 13.7. The molecule has 0 saturated carbocycles. The minimum Gasteiger partial charge on any atom is -0.326 e. The molecule has 0 fully saturated rings. The van der Waals surface area contributed by atoms with E-state index in [0.717, 1.165) is 17.0 Å². The molecule has 120 valence electrons. The first-order valence-corrected chi connectivity index (χ1v) is 8.39. The summed E-state index contributed by atoms with van der Waals surface area (Å²) in [5, 5.41) is 5.58. The Hall–Kier alpha value is -2.34. The van der Waals surface area contributed by atoms with Gasteiger partial charge in [-0.05, 0) is 36.8 Å². The first-order chi connectivity index (χ1) is 11.2. The number of hydrogen-bond acceptors (Lipinski definition) is 4. The Morgan fingerprint density at radius 3 is 2.70 bits per heavy atom. The van der Waals surface area contributed by atoms with Crippen LogP contribution < -0.4 is 10.6 Å². The minimum atomic E-state index is -0.117. The Morgan fingerprint density at radius 1 is 1.09 bits per heavy atom. The van der Waals surface area contributed by atoms with E-state index in [1.165, 1.54) is 11.8 Å². The summed E-state index contributed by atoms with van der Waals surface area (Å²) < 4.78 is 0. The molecule has 1 aromatic heterocycles. The minimum absolute atomic E-state index is 0.00236. The molecule has 0 radical (unpaired) electrons. The predicted octanol–water partition coefficient (Wildman–Crippen LogP) is 3.55. The second-order valence-corrected chi connectivity index (χ2v) is 5.93. The summed E-state index contributed by atoms with van der Waals surface area (Å²) in [6.07, 6.45) is 2.95. The van der Waals surface area contributed by atoms with Crippen molar-refractivity contribution in [3.63, 3.8) is 0 Å². The van der Waals surface area contributed by atoms with Crippen LogP contribution in [0.3, 0.4) is 0 Å². The zero-order valence-electron chi connectivity index (χ0n) is 12.9. The van der Waals surface area contributed by atoms with Gasteiger partial charge < -0.3 is 10.6 Å². The van der Waals surface area contributed by atoms with Gasteiger partial charge in [-0.1, -0.05) is 19.1 Å². The van der Waals surface area contributed by atoms with E-state index >= 15 is 0 Å². The Morgan fingerprint density at radius 2 is 1.96 bits per heavy atom. The molecule has 1 heterocycles. The van der Waals surface area contributed by atoms with Gasteiger partial charge >= 0.3 is 0 Å². The Labute approximate surface area is 139 Å². The summed E-state index contributed by atoms with van der Waals surface area (Å²) in [6, 6.07) is 12.8. The summed E-state index contributed by atoms with van der Waals surface area (Å²) >= 11 is 1.41. The Balaban J connectivity index is 1.85. The lowest BCUT2D eigenvalue weighted by Gasteiger charge is -2.07. The highest BCUT2D eigenvalue weighted by Crippen LogP contribution is 2.22. The number of rotatable bonds is 7. The lowest BCUT2D eigenvalue weighted by Crippen LogP contribution is -2.14. The van der Waals surface area contributed by atoms with E-state index in [0.29, 0.717) is 12.2 Å². The Kier molecular flexibility index (Phi) is 6.62. The van der Waals surface area contributed by atoms with Crippen molar-refractivity contribution < 1.29 is 9.59 Å². The number of pyridine rings is 1. The van der Waals surface area contributed by atoms with Crippen LogP contribution in [0.15, 0.2) is 53.6 Å². The van der Waals surface area contributed by atoms with Crippen molar-refractivity contribution in [2.75, 3.05) is 16.4 Å². The first kappa shape index (κ1) is 17.0. The van der Waals surface area contributed by atoms with Crippen LogP contribution in [0.25, 0.3) is 0 Å². The van der Waals surface area contributed by atoms with E-state index in [9.17, 15) is 9.59 Å². The molecule has 0 aliphatic heterocycles. The topological polar surface area (TPSA) is 71.1 Å². The van der Waals surface area contributed by atoms with Crippen molar-refractivity contribution in [3.05, 3.63) is 48.7 Å². The number of hydrogen-bond donors (Lipinski definition) is 2. The molecule has 0 aliphatic carbocycles. The molecule has 6 heteroatoms. The number of carbonyl (C=O) groups is 2. The van der Waals surface area contributed by atoms with Crippen LogP contribution in [0.5, 0.6) is 0 Å².